The highest BCUT2D eigenvalue weighted by molar-refractivity contribution is 6.46. The number of piperazine rings is 1. The van der Waals surface area contributed by atoms with Crippen LogP contribution in [0.3, 0.4) is 0 Å². The molecule has 1 fully saturated rings. The van der Waals surface area contributed by atoms with Crippen molar-refractivity contribution in [3.63, 3.8) is 0 Å². The van der Waals surface area contributed by atoms with Crippen molar-refractivity contribution in [1.82, 2.24) is 14.7 Å². The molecule has 1 amide bonds. The van der Waals surface area contributed by atoms with E-state index in [1.807, 2.05) is 15.8 Å². The molecule has 1 aliphatic heterocycles. The van der Waals surface area contributed by atoms with Gasteiger partial charge < -0.3 is 19.8 Å². The second-order valence-corrected chi connectivity index (χ2v) is 5.78. The number of fused-ring (bicyclic) bond motifs is 1. The number of H-pyrrole nitrogens is 1. The Bertz CT molecular complexity index is 751. The van der Waals surface area contributed by atoms with Gasteiger partial charge in [0.15, 0.2) is 7.98 Å². The van der Waals surface area contributed by atoms with Gasteiger partial charge in [0.05, 0.1) is 10.9 Å². The first-order valence-electron chi connectivity index (χ1n) is 7.31. The molecule has 1 aromatic carbocycles. The molecular weight excluding hydrogens is 280 g/mol. The number of rotatable bonds is 2. The highest BCUT2D eigenvalue weighted by atomic mass is 16.3. The van der Waals surface area contributed by atoms with Crippen LogP contribution >= 0.6 is 0 Å². The Balaban J connectivity index is 1.92. The van der Waals surface area contributed by atoms with E-state index in [1.165, 1.54) is 6.20 Å². The zero-order chi connectivity index (χ0) is 15.9. The standard InChI is InChI=1S/C14H17B2N3O3/c15-9-1-2-10(20)11-8(7-17-12(9)11)13(21)14(22)18-3-5-19(16)6-4-18/h1-2,7,17,20H,3-6,15-16H2. The number of Topliss-reactive ketones (excluding diaryl/α,β-unsaturated/α-hetero) is 1. The third kappa shape index (κ3) is 2.39. The summed E-state index contributed by atoms with van der Waals surface area (Å²) in [5.74, 6) is -1.07. The van der Waals surface area contributed by atoms with Crippen molar-refractivity contribution in [3.05, 3.63) is 23.9 Å². The maximum Gasteiger partial charge on any atom is 0.295 e. The molecule has 2 heterocycles. The Morgan fingerprint density at radius 2 is 1.86 bits per heavy atom. The molecule has 0 spiro atoms. The van der Waals surface area contributed by atoms with E-state index in [9.17, 15) is 14.7 Å². The lowest BCUT2D eigenvalue weighted by molar-refractivity contribution is -0.127. The predicted molar refractivity (Wildman–Crippen MR) is 89.2 cm³/mol. The Morgan fingerprint density at radius 1 is 1.18 bits per heavy atom. The fraction of sp³-hybridized carbons (Fsp3) is 0.286. The second kappa shape index (κ2) is 5.53. The molecule has 8 heteroatoms. The van der Waals surface area contributed by atoms with Gasteiger partial charge >= 0.3 is 0 Å². The molecule has 3 rings (SSSR count). The van der Waals surface area contributed by atoms with Crippen molar-refractivity contribution >= 4 is 43.9 Å². The van der Waals surface area contributed by atoms with Gasteiger partial charge in [-0.15, -0.1) is 0 Å². The van der Waals surface area contributed by atoms with Crippen LogP contribution in [0.5, 0.6) is 5.75 Å². The van der Waals surface area contributed by atoms with Gasteiger partial charge in [-0.25, -0.2) is 0 Å². The van der Waals surface area contributed by atoms with Crippen molar-refractivity contribution in [2.75, 3.05) is 26.2 Å². The number of aromatic hydroxyl groups is 1. The minimum absolute atomic E-state index is 0.0105. The predicted octanol–water partition coefficient (Wildman–Crippen LogP) is -1.99. The number of aromatic nitrogens is 1. The lowest BCUT2D eigenvalue weighted by atomic mass is 9.92. The average Bonchev–Trinajstić information content (AvgIpc) is 2.96. The summed E-state index contributed by atoms with van der Waals surface area (Å²) in [6, 6.07) is 3.31. The maximum atomic E-state index is 12.5. The van der Waals surface area contributed by atoms with Crippen LogP contribution in [0.25, 0.3) is 10.9 Å². The summed E-state index contributed by atoms with van der Waals surface area (Å²) in [5.41, 5.74) is 1.84. The number of hydrogen-bond acceptors (Lipinski definition) is 4. The molecule has 0 unspecified atom stereocenters. The lowest BCUT2D eigenvalue weighted by Crippen LogP contribution is -2.49. The number of phenols is 1. The summed E-state index contributed by atoms with van der Waals surface area (Å²) < 4.78 is 0. The number of phenolic OH excluding ortho intramolecular Hbond substituents is 1. The summed E-state index contributed by atoms with van der Waals surface area (Å²) >= 11 is 0. The molecule has 0 atom stereocenters. The van der Waals surface area contributed by atoms with Gasteiger partial charge in [-0.3, -0.25) is 9.59 Å². The summed E-state index contributed by atoms with van der Waals surface area (Å²) in [4.78, 5) is 31.6. The highest BCUT2D eigenvalue weighted by Crippen LogP contribution is 2.27. The molecule has 1 aliphatic rings. The fourth-order valence-electron chi connectivity index (χ4n) is 2.82. The zero-order valence-electron chi connectivity index (χ0n) is 12.7. The van der Waals surface area contributed by atoms with Crippen molar-refractivity contribution in [2.45, 2.75) is 0 Å². The number of carbonyl (C=O) groups is 2. The van der Waals surface area contributed by atoms with Crippen LogP contribution in [-0.4, -0.2) is 73.5 Å². The molecule has 2 N–H and O–H groups in total. The number of amides is 1. The van der Waals surface area contributed by atoms with Gasteiger partial charge in [-0.05, 0) is 6.07 Å². The SMILES string of the molecule is Bc1ccc(O)c2c(C(=O)C(=O)N3CCN(B)CC3)c[nH]c12. The van der Waals surface area contributed by atoms with Crippen LogP contribution in [0, 0.1) is 0 Å². The molecule has 112 valence electrons. The van der Waals surface area contributed by atoms with Gasteiger partial charge in [0.25, 0.3) is 11.7 Å². The normalized spacial score (nSPS) is 16.1. The first kappa shape index (κ1) is 14.7. The first-order chi connectivity index (χ1) is 10.5. The van der Waals surface area contributed by atoms with E-state index in [0.717, 1.165) is 18.6 Å². The summed E-state index contributed by atoms with van der Waals surface area (Å²) in [7, 11) is 3.87. The number of aromatic amines is 1. The third-order valence-electron chi connectivity index (χ3n) is 4.25. The molecule has 0 radical (unpaired) electrons. The van der Waals surface area contributed by atoms with Crippen LogP contribution in [0.2, 0.25) is 0 Å². The molecular formula is C14H17B2N3O3. The lowest BCUT2D eigenvalue weighted by Gasteiger charge is -2.32. The first-order valence-corrected chi connectivity index (χ1v) is 7.31. The summed E-state index contributed by atoms with van der Waals surface area (Å²) in [6.45, 7) is 2.62. The van der Waals surface area contributed by atoms with E-state index >= 15 is 0 Å². The van der Waals surface area contributed by atoms with Crippen LogP contribution in [0.4, 0.5) is 0 Å². The second-order valence-electron chi connectivity index (χ2n) is 5.78. The quantitative estimate of drug-likeness (QED) is 0.382. The summed E-state index contributed by atoms with van der Waals surface area (Å²) in [5, 5.41) is 10.5. The molecule has 0 bridgehead atoms. The third-order valence-corrected chi connectivity index (χ3v) is 4.25. The highest BCUT2D eigenvalue weighted by Gasteiger charge is 2.28. The van der Waals surface area contributed by atoms with E-state index in [-0.39, 0.29) is 11.3 Å². The molecule has 0 saturated carbocycles. The van der Waals surface area contributed by atoms with E-state index in [2.05, 4.69) is 9.79 Å². The van der Waals surface area contributed by atoms with Gasteiger partial charge in [-0.2, -0.15) is 0 Å². The Hall–Kier alpha value is -2.21. The average molecular weight is 297 g/mol. The van der Waals surface area contributed by atoms with Gasteiger partial charge in [0, 0.05) is 37.9 Å². The monoisotopic (exact) mass is 297 g/mol. The molecule has 6 nitrogen and oxygen atoms in total. The topological polar surface area (TPSA) is 76.6 Å². The smallest absolute Gasteiger partial charge is 0.295 e. The van der Waals surface area contributed by atoms with Gasteiger partial charge in [0.2, 0.25) is 0 Å². The van der Waals surface area contributed by atoms with Crippen molar-refractivity contribution in [3.8, 4) is 5.75 Å². The number of nitrogens with zero attached hydrogens (tertiary/aromatic N) is 2. The molecule has 1 aromatic heterocycles. The Labute approximate surface area is 129 Å². The van der Waals surface area contributed by atoms with Gasteiger partial charge in [-0.1, -0.05) is 11.5 Å². The molecule has 22 heavy (non-hydrogen) atoms. The zero-order valence-corrected chi connectivity index (χ0v) is 12.7. The number of benzene rings is 1. The maximum absolute atomic E-state index is 12.5. The summed E-state index contributed by atoms with van der Waals surface area (Å²) in [6.07, 6.45) is 1.51. The largest absolute Gasteiger partial charge is 0.507 e. The Kier molecular flexibility index (Phi) is 3.70. The van der Waals surface area contributed by atoms with E-state index < -0.39 is 11.7 Å². The molecule has 2 aromatic rings. The van der Waals surface area contributed by atoms with Gasteiger partial charge in [0.1, 0.15) is 13.6 Å². The van der Waals surface area contributed by atoms with E-state index in [0.29, 0.717) is 24.0 Å². The van der Waals surface area contributed by atoms with Crippen LogP contribution in [0.1, 0.15) is 10.4 Å². The van der Waals surface area contributed by atoms with Crippen LogP contribution < -0.4 is 5.46 Å². The molecule has 1 saturated heterocycles. The number of nitrogens with one attached hydrogen (secondary N) is 1. The number of hydrogen-bond donors (Lipinski definition) is 2. The van der Waals surface area contributed by atoms with Crippen LogP contribution in [0.15, 0.2) is 18.3 Å². The number of ketones is 1. The Morgan fingerprint density at radius 3 is 2.55 bits per heavy atom. The van der Waals surface area contributed by atoms with Crippen molar-refractivity contribution in [2.24, 2.45) is 0 Å². The fourth-order valence-corrected chi connectivity index (χ4v) is 2.82. The van der Waals surface area contributed by atoms with E-state index in [1.54, 1.807) is 17.0 Å². The van der Waals surface area contributed by atoms with Crippen molar-refractivity contribution in [1.29, 1.82) is 0 Å². The van der Waals surface area contributed by atoms with Crippen molar-refractivity contribution < 1.29 is 14.7 Å². The minimum Gasteiger partial charge on any atom is -0.507 e. The van der Waals surface area contributed by atoms with E-state index in [4.69, 9.17) is 0 Å². The van der Waals surface area contributed by atoms with Crippen LogP contribution in [-0.2, 0) is 4.79 Å². The minimum atomic E-state index is -0.572. The number of carbonyl (C=O) groups excluding carboxylic acids is 2. The molecule has 0 aliphatic carbocycles.